The highest BCUT2D eigenvalue weighted by molar-refractivity contribution is 5.19. The topological polar surface area (TPSA) is 51.8 Å². The van der Waals surface area contributed by atoms with Crippen LogP contribution in [0.5, 0.6) is 0 Å². The lowest BCUT2D eigenvalue weighted by molar-refractivity contribution is -0.165. The van der Waals surface area contributed by atoms with Gasteiger partial charge in [-0.2, -0.15) is 0 Å². The maximum atomic E-state index is 10.5. The molecule has 2 atom stereocenters. The second-order valence-corrected chi connectivity index (χ2v) is 4.32. The monoisotopic (exact) mass is 224 g/mol. The molecule has 4 heteroatoms. The van der Waals surface area contributed by atoms with Crippen LogP contribution in [0.15, 0.2) is 35.5 Å². The molecule has 2 heterocycles. The summed E-state index contributed by atoms with van der Waals surface area (Å²) in [7, 11) is 0. The predicted octanol–water partition coefficient (Wildman–Crippen LogP) is 1.80. The molecule has 0 bridgehead atoms. The van der Waals surface area contributed by atoms with E-state index in [2.05, 4.69) is 6.58 Å². The number of furan rings is 1. The molecule has 0 spiro atoms. The fourth-order valence-corrected chi connectivity index (χ4v) is 1.80. The van der Waals surface area contributed by atoms with Gasteiger partial charge in [-0.3, -0.25) is 0 Å². The van der Waals surface area contributed by atoms with Gasteiger partial charge in [0.15, 0.2) is 11.4 Å². The highest BCUT2D eigenvalue weighted by atomic mass is 16.7. The Morgan fingerprint density at radius 1 is 1.62 bits per heavy atom. The molecule has 0 aromatic carbocycles. The van der Waals surface area contributed by atoms with Gasteiger partial charge >= 0.3 is 0 Å². The van der Waals surface area contributed by atoms with E-state index in [-0.39, 0.29) is 0 Å². The average molecular weight is 224 g/mol. The summed E-state index contributed by atoms with van der Waals surface area (Å²) in [4.78, 5) is 0. The van der Waals surface area contributed by atoms with Crippen molar-refractivity contribution in [2.45, 2.75) is 31.3 Å². The molecule has 1 aliphatic heterocycles. The van der Waals surface area contributed by atoms with Crippen molar-refractivity contribution >= 4 is 0 Å². The third-order valence-corrected chi connectivity index (χ3v) is 2.73. The number of aliphatic hydroxyl groups is 1. The van der Waals surface area contributed by atoms with E-state index < -0.39 is 17.5 Å². The van der Waals surface area contributed by atoms with Crippen LogP contribution in [0.3, 0.4) is 0 Å². The van der Waals surface area contributed by atoms with Gasteiger partial charge in [0.1, 0.15) is 11.9 Å². The van der Waals surface area contributed by atoms with E-state index in [0.29, 0.717) is 12.4 Å². The van der Waals surface area contributed by atoms with Gasteiger partial charge in [0.05, 0.1) is 12.9 Å². The Balaban J connectivity index is 2.27. The van der Waals surface area contributed by atoms with E-state index >= 15 is 0 Å². The Bertz CT molecular complexity index is 368. The minimum Gasteiger partial charge on any atom is -0.466 e. The highest BCUT2D eigenvalue weighted by Crippen LogP contribution is 2.36. The van der Waals surface area contributed by atoms with Gasteiger partial charge in [-0.1, -0.05) is 6.58 Å². The molecule has 1 fully saturated rings. The zero-order valence-electron chi connectivity index (χ0n) is 9.47. The minimum atomic E-state index is -1.35. The second-order valence-electron chi connectivity index (χ2n) is 4.32. The lowest BCUT2D eigenvalue weighted by atomic mass is 9.94. The summed E-state index contributed by atoms with van der Waals surface area (Å²) >= 11 is 0. The first-order valence-electron chi connectivity index (χ1n) is 5.20. The van der Waals surface area contributed by atoms with E-state index in [4.69, 9.17) is 13.9 Å². The first-order chi connectivity index (χ1) is 7.48. The molecule has 1 aromatic heterocycles. The summed E-state index contributed by atoms with van der Waals surface area (Å²) in [5.74, 6) is -0.275. The van der Waals surface area contributed by atoms with Crippen LogP contribution in [-0.4, -0.2) is 23.6 Å². The maximum absolute atomic E-state index is 10.5. The Labute approximate surface area is 94.5 Å². The fraction of sp³-hybridized carbons (Fsp3) is 0.500. The molecule has 1 N–H and O–H groups in total. The van der Waals surface area contributed by atoms with E-state index in [1.54, 1.807) is 26.0 Å². The molecule has 0 radical (unpaired) electrons. The van der Waals surface area contributed by atoms with Gasteiger partial charge in [0.2, 0.25) is 0 Å². The molecular formula is C12H16O4. The zero-order valence-corrected chi connectivity index (χ0v) is 9.47. The van der Waals surface area contributed by atoms with E-state index in [0.717, 1.165) is 0 Å². The fourth-order valence-electron chi connectivity index (χ4n) is 1.80. The number of hydrogen-bond acceptors (Lipinski definition) is 4. The van der Waals surface area contributed by atoms with Crippen LogP contribution in [0.25, 0.3) is 0 Å². The van der Waals surface area contributed by atoms with Gasteiger partial charge in [-0.15, -0.1) is 0 Å². The number of hydrogen-bond donors (Lipinski definition) is 1. The van der Waals surface area contributed by atoms with Crippen molar-refractivity contribution in [2.75, 3.05) is 6.61 Å². The largest absolute Gasteiger partial charge is 0.466 e. The lowest BCUT2D eigenvalue weighted by Crippen LogP contribution is -2.40. The maximum Gasteiger partial charge on any atom is 0.168 e. The van der Waals surface area contributed by atoms with Gasteiger partial charge in [0.25, 0.3) is 0 Å². The summed E-state index contributed by atoms with van der Waals surface area (Å²) in [5, 5.41) is 10.5. The van der Waals surface area contributed by atoms with Crippen molar-refractivity contribution in [3.63, 3.8) is 0 Å². The molecule has 0 amide bonds. The zero-order chi connectivity index (χ0) is 11.8. The Morgan fingerprint density at radius 3 is 2.81 bits per heavy atom. The van der Waals surface area contributed by atoms with Crippen molar-refractivity contribution in [2.24, 2.45) is 0 Å². The third kappa shape index (κ3) is 1.80. The van der Waals surface area contributed by atoms with Crippen LogP contribution in [0.1, 0.15) is 19.6 Å². The standard InChI is InChI=1S/C12H16O4/c1-4-12(13,9-6-5-7-14-9)10-8-15-11(2,3)16-10/h4-7,10,13H,1,8H2,2-3H3/t10-,12-/m1/s1. The Kier molecular flexibility index (Phi) is 2.66. The molecular weight excluding hydrogens is 208 g/mol. The number of ether oxygens (including phenoxy) is 2. The van der Waals surface area contributed by atoms with Crippen LogP contribution >= 0.6 is 0 Å². The van der Waals surface area contributed by atoms with Gasteiger partial charge < -0.3 is 19.0 Å². The van der Waals surface area contributed by atoms with Crippen molar-refractivity contribution in [3.8, 4) is 0 Å². The molecule has 1 saturated heterocycles. The molecule has 88 valence electrons. The van der Waals surface area contributed by atoms with Crippen LogP contribution in [0, 0.1) is 0 Å². The van der Waals surface area contributed by atoms with Crippen molar-refractivity contribution < 1.29 is 19.0 Å². The number of rotatable bonds is 3. The smallest absolute Gasteiger partial charge is 0.168 e. The molecule has 4 nitrogen and oxygen atoms in total. The summed E-state index contributed by atoms with van der Waals surface area (Å²) in [5.41, 5.74) is -1.35. The van der Waals surface area contributed by atoms with Crippen molar-refractivity contribution in [1.82, 2.24) is 0 Å². The highest BCUT2D eigenvalue weighted by Gasteiger charge is 2.47. The van der Waals surface area contributed by atoms with Crippen molar-refractivity contribution in [3.05, 3.63) is 36.8 Å². The summed E-state index contributed by atoms with van der Waals surface area (Å²) in [6.07, 6.45) is 2.41. The normalized spacial score (nSPS) is 27.6. The average Bonchev–Trinajstić information content (AvgIpc) is 2.86. The van der Waals surface area contributed by atoms with Crippen LogP contribution < -0.4 is 0 Å². The van der Waals surface area contributed by atoms with Crippen LogP contribution in [-0.2, 0) is 15.1 Å². The summed E-state index contributed by atoms with van der Waals surface area (Å²) in [6.45, 7) is 7.55. The first kappa shape index (κ1) is 11.4. The van der Waals surface area contributed by atoms with Crippen LogP contribution in [0.2, 0.25) is 0 Å². The van der Waals surface area contributed by atoms with Gasteiger partial charge in [-0.05, 0) is 32.1 Å². The third-order valence-electron chi connectivity index (χ3n) is 2.73. The first-order valence-corrected chi connectivity index (χ1v) is 5.20. The Hall–Kier alpha value is -1.10. The quantitative estimate of drug-likeness (QED) is 0.795. The predicted molar refractivity (Wildman–Crippen MR) is 57.7 cm³/mol. The lowest BCUT2D eigenvalue weighted by Gasteiger charge is -2.28. The molecule has 1 aromatic rings. The van der Waals surface area contributed by atoms with Gasteiger partial charge in [0, 0.05) is 0 Å². The summed E-state index contributed by atoms with van der Waals surface area (Å²) < 4.78 is 16.3. The molecule has 0 saturated carbocycles. The molecule has 0 unspecified atom stereocenters. The molecule has 0 aliphatic carbocycles. The van der Waals surface area contributed by atoms with E-state index in [9.17, 15) is 5.11 Å². The van der Waals surface area contributed by atoms with E-state index in [1.165, 1.54) is 12.3 Å². The minimum absolute atomic E-state index is 0.302. The SMILES string of the molecule is C=C[C@@](O)(c1ccco1)[C@H]1COC(C)(C)O1. The summed E-state index contributed by atoms with van der Waals surface area (Å²) in [6, 6.07) is 3.40. The molecule has 1 aliphatic rings. The van der Waals surface area contributed by atoms with Crippen LogP contribution in [0.4, 0.5) is 0 Å². The van der Waals surface area contributed by atoms with E-state index in [1.807, 2.05) is 0 Å². The molecule has 16 heavy (non-hydrogen) atoms. The van der Waals surface area contributed by atoms with Crippen molar-refractivity contribution in [1.29, 1.82) is 0 Å². The second kappa shape index (κ2) is 3.73. The van der Waals surface area contributed by atoms with Gasteiger partial charge in [-0.25, -0.2) is 0 Å². The molecule has 2 rings (SSSR count). The Morgan fingerprint density at radius 2 is 2.38 bits per heavy atom.